The van der Waals surface area contributed by atoms with Crippen LogP contribution in [-0.2, 0) is 11.2 Å². The molecule has 0 fully saturated rings. The molecule has 0 unspecified atom stereocenters. The van der Waals surface area contributed by atoms with Crippen molar-refractivity contribution in [3.63, 3.8) is 0 Å². The smallest absolute Gasteiger partial charge is 0.297 e. The average molecular weight is 340 g/mol. The molecule has 1 amide bonds. The summed E-state index contributed by atoms with van der Waals surface area (Å²) in [6.07, 6.45) is -0.0864. The van der Waals surface area contributed by atoms with E-state index in [2.05, 4.69) is 10.3 Å². The summed E-state index contributed by atoms with van der Waals surface area (Å²) in [5, 5.41) is 13.7. The molecule has 25 heavy (non-hydrogen) atoms. The number of amides is 1. The first kappa shape index (κ1) is 16.4. The summed E-state index contributed by atoms with van der Waals surface area (Å²) in [5.74, 6) is -0.343. The van der Waals surface area contributed by atoms with Crippen LogP contribution in [0.1, 0.15) is 5.56 Å². The van der Waals surface area contributed by atoms with Crippen LogP contribution in [0, 0.1) is 10.1 Å². The molecule has 0 saturated carbocycles. The third-order valence-electron chi connectivity index (χ3n) is 3.58. The lowest BCUT2D eigenvalue weighted by Crippen LogP contribution is -2.15. The topological polar surface area (TPSA) is 102 Å². The Morgan fingerprint density at radius 3 is 2.76 bits per heavy atom. The number of nitrogens with zero attached hydrogens (tertiary/aromatic N) is 3. The highest BCUT2D eigenvalue weighted by Gasteiger charge is 2.16. The third-order valence-corrected chi connectivity index (χ3v) is 3.58. The van der Waals surface area contributed by atoms with Crippen molar-refractivity contribution in [2.75, 3.05) is 24.3 Å². The Morgan fingerprint density at radius 1 is 1.28 bits per heavy atom. The van der Waals surface area contributed by atoms with Crippen LogP contribution >= 0.6 is 0 Å². The van der Waals surface area contributed by atoms with E-state index in [9.17, 15) is 14.9 Å². The Morgan fingerprint density at radius 2 is 2.04 bits per heavy atom. The Balaban J connectivity index is 1.77. The first-order chi connectivity index (χ1) is 11.9. The lowest BCUT2D eigenvalue weighted by molar-refractivity contribution is -0.385. The number of fused-ring (bicyclic) bond motifs is 1. The van der Waals surface area contributed by atoms with Gasteiger partial charge in [-0.1, -0.05) is 18.2 Å². The fourth-order valence-corrected chi connectivity index (χ4v) is 2.40. The summed E-state index contributed by atoms with van der Waals surface area (Å²) in [4.78, 5) is 28.8. The number of aromatic nitrogens is 1. The Bertz CT molecular complexity index is 949. The average Bonchev–Trinajstić information content (AvgIpc) is 2.98. The molecule has 0 aliphatic heterocycles. The predicted octanol–water partition coefficient (Wildman–Crippen LogP) is 2.98. The SMILES string of the molecule is CN(C)c1nc2cc(NC(=O)Cc3ccccc3[N+](=O)[O-])ccc2o1. The van der Waals surface area contributed by atoms with Crippen molar-refractivity contribution in [1.29, 1.82) is 0 Å². The minimum Gasteiger partial charge on any atom is -0.423 e. The minimum atomic E-state index is -0.493. The summed E-state index contributed by atoms with van der Waals surface area (Å²) >= 11 is 0. The van der Waals surface area contributed by atoms with Gasteiger partial charge in [-0.3, -0.25) is 14.9 Å². The van der Waals surface area contributed by atoms with Crippen molar-refractivity contribution in [3.05, 3.63) is 58.1 Å². The van der Waals surface area contributed by atoms with Crippen molar-refractivity contribution in [2.45, 2.75) is 6.42 Å². The van der Waals surface area contributed by atoms with E-state index in [1.54, 1.807) is 41.3 Å². The Kier molecular flexibility index (Phi) is 4.34. The van der Waals surface area contributed by atoms with Gasteiger partial charge in [0.15, 0.2) is 5.58 Å². The molecular formula is C17H16N4O4. The molecule has 0 atom stereocenters. The number of carbonyl (C=O) groups excluding carboxylic acids is 1. The van der Waals surface area contributed by atoms with Gasteiger partial charge in [0.2, 0.25) is 5.91 Å². The number of anilines is 2. The summed E-state index contributed by atoms with van der Waals surface area (Å²) in [6.45, 7) is 0. The van der Waals surface area contributed by atoms with E-state index in [1.165, 1.54) is 6.07 Å². The Labute approximate surface area is 143 Å². The number of nitro groups is 1. The van der Waals surface area contributed by atoms with Gasteiger partial charge in [0.25, 0.3) is 11.7 Å². The van der Waals surface area contributed by atoms with Gasteiger partial charge in [-0.15, -0.1) is 0 Å². The molecule has 8 nitrogen and oxygen atoms in total. The van der Waals surface area contributed by atoms with Crippen LogP contribution in [0.3, 0.4) is 0 Å². The maximum atomic E-state index is 12.2. The fourth-order valence-electron chi connectivity index (χ4n) is 2.40. The van der Waals surface area contributed by atoms with Crippen LogP contribution in [0.15, 0.2) is 46.9 Å². The summed E-state index contributed by atoms with van der Waals surface area (Å²) in [5.41, 5.74) is 2.07. The van der Waals surface area contributed by atoms with Crippen molar-refractivity contribution in [2.24, 2.45) is 0 Å². The second kappa shape index (κ2) is 6.60. The van der Waals surface area contributed by atoms with Gasteiger partial charge in [0.05, 0.1) is 11.3 Å². The predicted molar refractivity (Wildman–Crippen MR) is 93.8 cm³/mol. The van der Waals surface area contributed by atoms with E-state index in [-0.39, 0.29) is 18.0 Å². The van der Waals surface area contributed by atoms with Crippen molar-refractivity contribution >= 4 is 34.4 Å². The number of hydrogen-bond donors (Lipinski definition) is 1. The summed E-state index contributed by atoms with van der Waals surface area (Å²) in [7, 11) is 3.64. The first-order valence-electron chi connectivity index (χ1n) is 7.54. The van der Waals surface area contributed by atoms with Crippen LogP contribution in [0.25, 0.3) is 11.1 Å². The van der Waals surface area contributed by atoms with Crippen molar-refractivity contribution in [3.8, 4) is 0 Å². The zero-order valence-corrected chi connectivity index (χ0v) is 13.7. The fraction of sp³-hybridized carbons (Fsp3) is 0.176. The number of para-hydroxylation sites is 1. The highest BCUT2D eigenvalue weighted by molar-refractivity contribution is 5.94. The molecule has 3 aromatic rings. The van der Waals surface area contributed by atoms with Gasteiger partial charge < -0.3 is 14.6 Å². The lowest BCUT2D eigenvalue weighted by atomic mass is 10.1. The molecule has 0 spiro atoms. The largest absolute Gasteiger partial charge is 0.423 e. The van der Waals surface area contributed by atoms with E-state index in [0.29, 0.717) is 28.4 Å². The van der Waals surface area contributed by atoms with Crippen LogP contribution in [-0.4, -0.2) is 29.9 Å². The molecule has 8 heteroatoms. The number of oxazole rings is 1. The second-order valence-electron chi connectivity index (χ2n) is 5.68. The van der Waals surface area contributed by atoms with Crippen LogP contribution in [0.4, 0.5) is 17.4 Å². The zero-order valence-electron chi connectivity index (χ0n) is 13.7. The van der Waals surface area contributed by atoms with E-state index < -0.39 is 4.92 Å². The van der Waals surface area contributed by atoms with Crippen LogP contribution < -0.4 is 10.2 Å². The van der Waals surface area contributed by atoms with Gasteiger partial charge in [-0.05, 0) is 18.2 Å². The monoisotopic (exact) mass is 340 g/mol. The van der Waals surface area contributed by atoms with Gasteiger partial charge in [0.1, 0.15) is 5.52 Å². The molecular weight excluding hydrogens is 324 g/mol. The van der Waals surface area contributed by atoms with Crippen molar-refractivity contribution in [1.82, 2.24) is 4.98 Å². The van der Waals surface area contributed by atoms with E-state index >= 15 is 0 Å². The maximum Gasteiger partial charge on any atom is 0.297 e. The third kappa shape index (κ3) is 3.57. The van der Waals surface area contributed by atoms with Gasteiger partial charge in [-0.2, -0.15) is 4.98 Å². The molecule has 3 rings (SSSR count). The van der Waals surface area contributed by atoms with E-state index in [1.807, 2.05) is 14.1 Å². The minimum absolute atomic E-state index is 0.0692. The first-order valence-corrected chi connectivity index (χ1v) is 7.54. The Hall–Kier alpha value is -3.42. The number of carbonyl (C=O) groups is 1. The van der Waals surface area contributed by atoms with Crippen molar-refractivity contribution < 1.29 is 14.1 Å². The molecule has 0 aliphatic rings. The quantitative estimate of drug-likeness (QED) is 0.566. The number of rotatable bonds is 5. The summed E-state index contributed by atoms with van der Waals surface area (Å²) in [6, 6.07) is 11.8. The standard InChI is InChI=1S/C17H16N4O4/c1-20(2)17-19-13-10-12(7-8-15(13)25-17)18-16(22)9-11-5-3-4-6-14(11)21(23)24/h3-8,10H,9H2,1-2H3,(H,18,22). The number of nitro benzene ring substituents is 1. The molecule has 0 aliphatic carbocycles. The number of hydrogen-bond acceptors (Lipinski definition) is 6. The highest BCUT2D eigenvalue weighted by atomic mass is 16.6. The van der Waals surface area contributed by atoms with Crippen LogP contribution in [0.2, 0.25) is 0 Å². The van der Waals surface area contributed by atoms with E-state index in [0.717, 1.165) is 0 Å². The molecule has 128 valence electrons. The van der Waals surface area contributed by atoms with Gasteiger partial charge in [0, 0.05) is 31.4 Å². The molecule has 0 radical (unpaired) electrons. The van der Waals surface area contributed by atoms with Crippen LogP contribution in [0.5, 0.6) is 0 Å². The highest BCUT2D eigenvalue weighted by Crippen LogP contribution is 2.24. The lowest BCUT2D eigenvalue weighted by Gasteiger charge is -2.05. The number of benzene rings is 2. The molecule has 1 N–H and O–H groups in total. The van der Waals surface area contributed by atoms with Gasteiger partial charge in [-0.25, -0.2) is 0 Å². The zero-order chi connectivity index (χ0) is 18.0. The molecule has 2 aromatic carbocycles. The summed E-state index contributed by atoms with van der Waals surface area (Å²) < 4.78 is 5.55. The number of nitrogens with one attached hydrogen (secondary N) is 1. The molecule has 0 saturated heterocycles. The van der Waals surface area contributed by atoms with E-state index in [4.69, 9.17) is 4.42 Å². The maximum absolute atomic E-state index is 12.2. The molecule has 1 heterocycles. The van der Waals surface area contributed by atoms with Gasteiger partial charge >= 0.3 is 0 Å². The second-order valence-corrected chi connectivity index (χ2v) is 5.68. The molecule has 0 bridgehead atoms. The molecule has 1 aromatic heterocycles. The normalized spacial score (nSPS) is 10.6.